The van der Waals surface area contributed by atoms with E-state index in [9.17, 15) is 4.79 Å². The normalized spacial score (nSPS) is 28.4. The molecule has 3 aliphatic rings. The summed E-state index contributed by atoms with van der Waals surface area (Å²) in [5.41, 5.74) is 0.846. The van der Waals surface area contributed by atoms with Crippen molar-refractivity contribution in [2.45, 2.75) is 32.1 Å². The van der Waals surface area contributed by atoms with Gasteiger partial charge in [0.1, 0.15) is 11.8 Å². The first-order valence-electron chi connectivity index (χ1n) is 6.50. The Morgan fingerprint density at radius 3 is 2.67 bits per heavy atom. The first-order valence-corrected chi connectivity index (χ1v) is 7.30. The van der Waals surface area contributed by atoms with Gasteiger partial charge in [-0.15, -0.1) is 0 Å². The number of amidine groups is 1. The molecule has 1 unspecified atom stereocenters. The molecular weight excluding hydrogens is 292 g/mol. The molecule has 0 aromatic rings. The van der Waals surface area contributed by atoms with Crippen LogP contribution in [0.15, 0.2) is 32.7 Å². The number of hydrogen-bond acceptors (Lipinski definition) is 2. The molecule has 0 N–H and O–H groups in total. The van der Waals surface area contributed by atoms with Crippen molar-refractivity contribution < 1.29 is 4.79 Å². The van der Waals surface area contributed by atoms with Gasteiger partial charge in [-0.05, 0) is 25.0 Å². The van der Waals surface area contributed by atoms with E-state index in [1.54, 1.807) is 0 Å². The molecule has 0 spiro atoms. The SMILES string of the molecule is O=C1N=C(C2CCCCC2)N=C2C=CC(Br)=CC12. The van der Waals surface area contributed by atoms with Gasteiger partial charge in [0.2, 0.25) is 0 Å². The van der Waals surface area contributed by atoms with E-state index in [0.717, 1.165) is 28.9 Å². The number of halogens is 1. The summed E-state index contributed by atoms with van der Waals surface area (Å²) in [4.78, 5) is 20.9. The van der Waals surface area contributed by atoms with E-state index < -0.39 is 0 Å². The Kier molecular flexibility index (Phi) is 3.29. The van der Waals surface area contributed by atoms with Crippen molar-refractivity contribution in [2.24, 2.45) is 21.8 Å². The Morgan fingerprint density at radius 2 is 1.89 bits per heavy atom. The molecule has 18 heavy (non-hydrogen) atoms. The van der Waals surface area contributed by atoms with E-state index in [2.05, 4.69) is 25.9 Å². The minimum atomic E-state index is -0.281. The minimum Gasteiger partial charge on any atom is -0.271 e. The van der Waals surface area contributed by atoms with E-state index in [1.165, 1.54) is 19.3 Å². The third-order valence-electron chi connectivity index (χ3n) is 3.76. The molecule has 1 fully saturated rings. The summed E-state index contributed by atoms with van der Waals surface area (Å²) in [6.45, 7) is 0. The molecule has 1 atom stereocenters. The molecule has 0 radical (unpaired) electrons. The topological polar surface area (TPSA) is 41.8 Å². The largest absolute Gasteiger partial charge is 0.271 e. The number of fused-ring (bicyclic) bond motifs is 1. The molecule has 0 aromatic heterocycles. The average molecular weight is 307 g/mol. The predicted octanol–water partition coefficient (Wildman–Crippen LogP) is 3.41. The van der Waals surface area contributed by atoms with Gasteiger partial charge in [-0.25, -0.2) is 4.99 Å². The molecular formula is C14H15BrN2O. The predicted molar refractivity (Wildman–Crippen MR) is 76.1 cm³/mol. The van der Waals surface area contributed by atoms with E-state index in [4.69, 9.17) is 0 Å². The molecule has 4 heteroatoms. The first kappa shape index (κ1) is 12.0. The number of carbonyl (C=O) groups is 1. The summed E-state index contributed by atoms with van der Waals surface area (Å²) >= 11 is 3.39. The third-order valence-corrected chi connectivity index (χ3v) is 4.29. The summed E-state index contributed by atoms with van der Waals surface area (Å²) < 4.78 is 0.927. The molecule has 0 bridgehead atoms. The van der Waals surface area contributed by atoms with Crippen molar-refractivity contribution in [1.29, 1.82) is 0 Å². The van der Waals surface area contributed by atoms with Gasteiger partial charge in [0.15, 0.2) is 0 Å². The number of allylic oxidation sites excluding steroid dienone is 3. The van der Waals surface area contributed by atoms with Crippen LogP contribution in [0.25, 0.3) is 0 Å². The average Bonchev–Trinajstić information content (AvgIpc) is 2.40. The number of rotatable bonds is 1. The van der Waals surface area contributed by atoms with Gasteiger partial charge in [-0.2, -0.15) is 4.99 Å². The van der Waals surface area contributed by atoms with Crippen molar-refractivity contribution in [3.63, 3.8) is 0 Å². The first-order chi connectivity index (χ1) is 8.74. The van der Waals surface area contributed by atoms with Gasteiger partial charge >= 0.3 is 0 Å². The Morgan fingerprint density at radius 1 is 1.11 bits per heavy atom. The molecule has 0 aromatic carbocycles. The van der Waals surface area contributed by atoms with Crippen LogP contribution in [0.4, 0.5) is 0 Å². The number of aliphatic imine (C=N–C) groups is 2. The molecule has 1 aliphatic heterocycles. The van der Waals surface area contributed by atoms with Gasteiger partial charge in [0.05, 0.1) is 5.71 Å². The summed E-state index contributed by atoms with van der Waals surface area (Å²) in [5, 5.41) is 0. The Labute approximate surface area is 115 Å². The maximum absolute atomic E-state index is 12.1. The van der Waals surface area contributed by atoms with E-state index in [0.29, 0.717) is 5.92 Å². The van der Waals surface area contributed by atoms with Crippen molar-refractivity contribution in [3.8, 4) is 0 Å². The van der Waals surface area contributed by atoms with Crippen molar-refractivity contribution >= 4 is 33.4 Å². The Bertz CT molecular complexity index is 496. The molecule has 94 valence electrons. The number of carbonyl (C=O) groups excluding carboxylic acids is 1. The third kappa shape index (κ3) is 2.26. The summed E-state index contributed by atoms with van der Waals surface area (Å²) in [6, 6.07) is 0. The second-order valence-electron chi connectivity index (χ2n) is 5.04. The van der Waals surface area contributed by atoms with Crippen LogP contribution in [0.5, 0.6) is 0 Å². The lowest BCUT2D eigenvalue weighted by molar-refractivity contribution is -0.118. The van der Waals surface area contributed by atoms with Crippen LogP contribution in [0.3, 0.4) is 0 Å². The highest BCUT2D eigenvalue weighted by molar-refractivity contribution is 9.11. The molecule has 3 rings (SSSR count). The fourth-order valence-corrected chi connectivity index (χ4v) is 3.15. The Hall–Kier alpha value is -1.03. The Balaban J connectivity index is 1.87. The fourth-order valence-electron chi connectivity index (χ4n) is 2.76. The fraction of sp³-hybridized carbons (Fsp3) is 0.500. The van der Waals surface area contributed by atoms with Crippen LogP contribution in [0.1, 0.15) is 32.1 Å². The minimum absolute atomic E-state index is 0.0677. The monoisotopic (exact) mass is 306 g/mol. The van der Waals surface area contributed by atoms with Crippen molar-refractivity contribution in [2.75, 3.05) is 0 Å². The molecule has 3 nitrogen and oxygen atoms in total. The van der Waals surface area contributed by atoms with Gasteiger partial charge in [-0.1, -0.05) is 41.3 Å². The zero-order chi connectivity index (χ0) is 12.5. The van der Waals surface area contributed by atoms with Crippen LogP contribution in [0, 0.1) is 11.8 Å². The lowest BCUT2D eigenvalue weighted by Crippen LogP contribution is -2.30. The van der Waals surface area contributed by atoms with Crippen LogP contribution in [-0.4, -0.2) is 17.5 Å². The molecule has 0 saturated heterocycles. The number of hydrogen-bond donors (Lipinski definition) is 0. The smallest absolute Gasteiger partial charge is 0.260 e. The van der Waals surface area contributed by atoms with Gasteiger partial charge < -0.3 is 0 Å². The van der Waals surface area contributed by atoms with E-state index >= 15 is 0 Å². The van der Waals surface area contributed by atoms with Crippen LogP contribution >= 0.6 is 15.9 Å². The van der Waals surface area contributed by atoms with Gasteiger partial charge in [0.25, 0.3) is 5.91 Å². The highest BCUT2D eigenvalue weighted by atomic mass is 79.9. The second-order valence-corrected chi connectivity index (χ2v) is 5.96. The maximum atomic E-state index is 12.1. The maximum Gasteiger partial charge on any atom is 0.260 e. The van der Waals surface area contributed by atoms with Crippen LogP contribution < -0.4 is 0 Å². The molecule has 2 aliphatic carbocycles. The van der Waals surface area contributed by atoms with Crippen LogP contribution in [0.2, 0.25) is 0 Å². The lowest BCUT2D eigenvalue weighted by Gasteiger charge is -2.25. The zero-order valence-electron chi connectivity index (χ0n) is 10.1. The summed E-state index contributed by atoms with van der Waals surface area (Å²) in [5.74, 6) is 0.805. The standard InChI is InChI=1S/C14H15BrN2O/c15-10-6-7-12-11(8-10)14(18)17-13(16-12)9-4-2-1-3-5-9/h6-9,11H,1-5H2. The van der Waals surface area contributed by atoms with Crippen molar-refractivity contribution in [1.82, 2.24) is 0 Å². The number of nitrogens with zero attached hydrogens (tertiary/aromatic N) is 2. The van der Waals surface area contributed by atoms with Gasteiger partial charge in [0, 0.05) is 10.4 Å². The second kappa shape index (κ2) is 4.92. The quantitative estimate of drug-likeness (QED) is 0.732. The highest BCUT2D eigenvalue weighted by Crippen LogP contribution is 2.29. The lowest BCUT2D eigenvalue weighted by atomic mass is 9.87. The highest BCUT2D eigenvalue weighted by Gasteiger charge is 2.30. The summed E-state index contributed by atoms with van der Waals surface area (Å²) in [6.07, 6.45) is 11.7. The molecule has 1 saturated carbocycles. The zero-order valence-corrected chi connectivity index (χ0v) is 11.7. The van der Waals surface area contributed by atoms with E-state index in [-0.39, 0.29) is 11.8 Å². The summed E-state index contributed by atoms with van der Waals surface area (Å²) in [7, 11) is 0. The molecule has 1 heterocycles. The van der Waals surface area contributed by atoms with Crippen LogP contribution in [-0.2, 0) is 4.79 Å². The molecule has 1 amide bonds. The number of amides is 1. The van der Waals surface area contributed by atoms with Crippen molar-refractivity contribution in [3.05, 3.63) is 22.7 Å². The van der Waals surface area contributed by atoms with Gasteiger partial charge in [-0.3, -0.25) is 4.79 Å². The van der Waals surface area contributed by atoms with E-state index in [1.807, 2.05) is 18.2 Å².